The van der Waals surface area contributed by atoms with Gasteiger partial charge in [0.15, 0.2) is 12.0 Å². The van der Waals surface area contributed by atoms with Crippen LogP contribution in [0.25, 0.3) is 0 Å². The van der Waals surface area contributed by atoms with Crippen LogP contribution in [0.4, 0.5) is 0 Å². The van der Waals surface area contributed by atoms with E-state index < -0.39 is 18.4 Å². The van der Waals surface area contributed by atoms with Crippen molar-refractivity contribution in [3.8, 4) is 5.75 Å². The summed E-state index contributed by atoms with van der Waals surface area (Å²) in [5.74, 6) is -0.266. The third kappa shape index (κ3) is 6.59. The molecule has 2 heterocycles. The Labute approximate surface area is 205 Å². The maximum atomic E-state index is 13.1. The van der Waals surface area contributed by atoms with Crippen molar-refractivity contribution in [1.82, 2.24) is 4.57 Å². The molecule has 2 atom stereocenters. The maximum absolute atomic E-state index is 13.1. The highest BCUT2D eigenvalue weighted by molar-refractivity contribution is 5.69. The molecule has 7 nitrogen and oxygen atoms in total. The third-order valence-electron chi connectivity index (χ3n) is 5.78. The van der Waals surface area contributed by atoms with Gasteiger partial charge in [-0.25, -0.2) is 0 Å². The molecule has 1 aliphatic heterocycles. The molecule has 184 valence electrons. The van der Waals surface area contributed by atoms with E-state index in [9.17, 15) is 9.59 Å². The van der Waals surface area contributed by atoms with Gasteiger partial charge in [-0.15, -0.1) is 0 Å². The summed E-state index contributed by atoms with van der Waals surface area (Å²) in [5.41, 5.74) is 1.92. The molecule has 1 saturated heterocycles. The second-order valence-corrected chi connectivity index (χ2v) is 8.32. The number of hydrogen-bond donors (Lipinski definition) is 0. The van der Waals surface area contributed by atoms with Gasteiger partial charge in [0.05, 0.1) is 12.3 Å². The van der Waals surface area contributed by atoms with E-state index in [0.29, 0.717) is 12.3 Å². The zero-order valence-electron chi connectivity index (χ0n) is 19.9. The highest BCUT2D eigenvalue weighted by Gasteiger charge is 2.29. The lowest BCUT2D eigenvalue weighted by molar-refractivity contribution is -0.183. The molecular formula is C28H31NO6. The summed E-state index contributed by atoms with van der Waals surface area (Å²) >= 11 is 0. The van der Waals surface area contributed by atoms with Crippen molar-refractivity contribution in [1.29, 1.82) is 0 Å². The van der Waals surface area contributed by atoms with E-state index in [1.165, 1.54) is 6.07 Å². The van der Waals surface area contributed by atoms with Crippen molar-refractivity contribution < 1.29 is 23.7 Å². The van der Waals surface area contributed by atoms with Gasteiger partial charge < -0.3 is 23.5 Å². The molecule has 0 radical (unpaired) electrons. The van der Waals surface area contributed by atoms with Crippen molar-refractivity contribution in [2.45, 2.75) is 51.7 Å². The third-order valence-corrected chi connectivity index (χ3v) is 5.78. The number of ether oxygens (including phenoxy) is 4. The van der Waals surface area contributed by atoms with Crippen molar-refractivity contribution in [3.63, 3.8) is 0 Å². The molecule has 1 fully saturated rings. The van der Waals surface area contributed by atoms with Gasteiger partial charge >= 0.3 is 5.97 Å². The standard InChI is InChI=1S/C28H31NO6/c1-2-32-24(31)19-29-17-16-23(30)28(34-20-21-11-5-3-6-12-21)26(29)27(22-13-7-4-8-14-22)35-25-15-9-10-18-33-25/h3-8,11-14,16-17,25,27H,2,9-10,15,18-20H2,1H3. The fraction of sp³-hybridized carbons (Fsp3) is 0.357. The van der Waals surface area contributed by atoms with Crippen LogP contribution in [0.1, 0.15) is 49.1 Å². The Morgan fingerprint density at radius 3 is 2.49 bits per heavy atom. The minimum Gasteiger partial charge on any atom is -0.483 e. The molecule has 0 spiro atoms. The van der Waals surface area contributed by atoms with Gasteiger partial charge in [0.2, 0.25) is 5.43 Å². The van der Waals surface area contributed by atoms with E-state index in [1.54, 1.807) is 17.7 Å². The predicted octanol–water partition coefficient (Wildman–Crippen LogP) is 4.62. The zero-order chi connectivity index (χ0) is 24.5. The van der Waals surface area contributed by atoms with Gasteiger partial charge in [-0.3, -0.25) is 9.59 Å². The number of rotatable bonds is 10. The highest BCUT2D eigenvalue weighted by Crippen LogP contribution is 2.34. The lowest BCUT2D eigenvalue weighted by atomic mass is 10.0. The molecule has 1 aromatic heterocycles. The van der Waals surface area contributed by atoms with Gasteiger partial charge in [0, 0.05) is 18.9 Å². The van der Waals surface area contributed by atoms with Crippen LogP contribution >= 0.6 is 0 Å². The van der Waals surface area contributed by atoms with Gasteiger partial charge in [-0.1, -0.05) is 60.7 Å². The number of aromatic nitrogens is 1. The summed E-state index contributed by atoms with van der Waals surface area (Å²) in [4.78, 5) is 25.6. The quantitative estimate of drug-likeness (QED) is 0.397. The van der Waals surface area contributed by atoms with Crippen LogP contribution in [0.15, 0.2) is 77.7 Å². The summed E-state index contributed by atoms with van der Waals surface area (Å²) in [6, 6.07) is 20.6. The molecule has 35 heavy (non-hydrogen) atoms. The summed E-state index contributed by atoms with van der Waals surface area (Å²) in [6.45, 7) is 2.76. The van der Waals surface area contributed by atoms with E-state index in [1.807, 2.05) is 60.7 Å². The molecule has 0 amide bonds. The summed E-state index contributed by atoms with van der Waals surface area (Å²) in [5, 5.41) is 0. The number of benzene rings is 2. The number of esters is 1. The Hall–Kier alpha value is -3.42. The van der Waals surface area contributed by atoms with Crippen molar-refractivity contribution in [2.75, 3.05) is 13.2 Å². The summed E-state index contributed by atoms with van der Waals surface area (Å²) in [7, 11) is 0. The molecular weight excluding hydrogens is 446 g/mol. The Balaban J connectivity index is 1.79. The Morgan fingerprint density at radius 1 is 1.06 bits per heavy atom. The zero-order valence-corrected chi connectivity index (χ0v) is 19.9. The van der Waals surface area contributed by atoms with Gasteiger partial charge in [-0.05, 0) is 37.3 Å². The molecule has 0 N–H and O–H groups in total. The molecule has 4 rings (SSSR count). The second kappa shape index (κ2) is 12.3. The molecule has 0 bridgehead atoms. The van der Waals surface area contributed by atoms with Crippen LogP contribution in [0.2, 0.25) is 0 Å². The van der Waals surface area contributed by atoms with E-state index in [-0.39, 0.29) is 30.9 Å². The smallest absolute Gasteiger partial charge is 0.325 e. The predicted molar refractivity (Wildman–Crippen MR) is 131 cm³/mol. The summed E-state index contributed by atoms with van der Waals surface area (Å²) < 4.78 is 25.3. The first kappa shape index (κ1) is 24.7. The molecule has 7 heteroatoms. The molecule has 2 unspecified atom stereocenters. The maximum Gasteiger partial charge on any atom is 0.325 e. The molecule has 2 aromatic carbocycles. The number of carbonyl (C=O) groups is 1. The van der Waals surface area contributed by atoms with Gasteiger partial charge in [0.1, 0.15) is 19.3 Å². The molecule has 0 saturated carbocycles. The Morgan fingerprint density at radius 2 is 1.80 bits per heavy atom. The number of pyridine rings is 1. The Bertz CT molecular complexity index is 1140. The summed E-state index contributed by atoms with van der Waals surface area (Å²) in [6.07, 6.45) is 3.20. The molecule has 0 aliphatic carbocycles. The van der Waals surface area contributed by atoms with E-state index >= 15 is 0 Å². The fourth-order valence-electron chi connectivity index (χ4n) is 4.10. The van der Waals surface area contributed by atoms with E-state index in [2.05, 4.69) is 0 Å². The SMILES string of the molecule is CCOC(=O)Cn1ccc(=O)c(OCc2ccccc2)c1C(OC1CCCCO1)c1ccccc1. The van der Waals surface area contributed by atoms with Gasteiger partial charge in [0.25, 0.3) is 0 Å². The van der Waals surface area contributed by atoms with E-state index in [0.717, 1.165) is 30.4 Å². The topological polar surface area (TPSA) is 76.0 Å². The first-order valence-electron chi connectivity index (χ1n) is 12.0. The minimum atomic E-state index is -0.687. The lowest BCUT2D eigenvalue weighted by Crippen LogP contribution is -2.29. The van der Waals surface area contributed by atoms with Crippen molar-refractivity contribution >= 4 is 5.97 Å². The number of hydrogen-bond acceptors (Lipinski definition) is 6. The van der Waals surface area contributed by atoms with Crippen LogP contribution < -0.4 is 10.2 Å². The van der Waals surface area contributed by atoms with Crippen LogP contribution in [0, 0.1) is 0 Å². The minimum absolute atomic E-state index is 0.0800. The van der Waals surface area contributed by atoms with Crippen LogP contribution in [0.5, 0.6) is 5.75 Å². The monoisotopic (exact) mass is 477 g/mol. The fourth-order valence-corrected chi connectivity index (χ4v) is 4.10. The average molecular weight is 478 g/mol. The van der Waals surface area contributed by atoms with Crippen LogP contribution in [0.3, 0.4) is 0 Å². The van der Waals surface area contributed by atoms with Crippen molar-refractivity contribution in [3.05, 3.63) is 100.0 Å². The Kier molecular flexibility index (Phi) is 8.70. The van der Waals surface area contributed by atoms with E-state index in [4.69, 9.17) is 18.9 Å². The second-order valence-electron chi connectivity index (χ2n) is 8.32. The lowest BCUT2D eigenvalue weighted by Gasteiger charge is -2.30. The molecule has 1 aliphatic rings. The van der Waals surface area contributed by atoms with Crippen molar-refractivity contribution in [2.24, 2.45) is 0 Å². The molecule has 3 aromatic rings. The van der Waals surface area contributed by atoms with Crippen LogP contribution in [-0.4, -0.2) is 30.0 Å². The largest absolute Gasteiger partial charge is 0.483 e. The highest BCUT2D eigenvalue weighted by atomic mass is 16.7. The van der Waals surface area contributed by atoms with Gasteiger partial charge in [-0.2, -0.15) is 0 Å². The number of nitrogens with zero attached hydrogens (tertiary/aromatic N) is 1. The van der Waals surface area contributed by atoms with Crippen LogP contribution in [-0.2, 0) is 32.2 Å². The number of carbonyl (C=O) groups excluding carboxylic acids is 1. The average Bonchev–Trinajstić information content (AvgIpc) is 2.89. The first-order valence-corrected chi connectivity index (χ1v) is 12.0. The normalized spacial score (nSPS) is 16.4. The first-order chi connectivity index (χ1) is 17.2.